The zero-order valence-electron chi connectivity index (χ0n) is 18.9. The van der Waals surface area contributed by atoms with Crippen molar-refractivity contribution >= 4 is 32.9 Å². The van der Waals surface area contributed by atoms with Gasteiger partial charge in [0, 0.05) is 22.1 Å². The molecular formula is C28H18F6N2O. The van der Waals surface area contributed by atoms with Gasteiger partial charge < -0.3 is 16.2 Å². The highest BCUT2D eigenvalue weighted by Gasteiger charge is 2.36. The van der Waals surface area contributed by atoms with Crippen molar-refractivity contribution in [2.75, 3.05) is 11.5 Å². The van der Waals surface area contributed by atoms with Gasteiger partial charge in [0.2, 0.25) is 0 Å². The summed E-state index contributed by atoms with van der Waals surface area (Å²) in [5.41, 5.74) is 9.29. The number of alkyl halides is 6. The van der Waals surface area contributed by atoms with E-state index in [4.69, 9.17) is 16.2 Å². The molecule has 37 heavy (non-hydrogen) atoms. The first-order chi connectivity index (χ1) is 17.4. The number of fused-ring (bicyclic) bond motifs is 2. The minimum absolute atomic E-state index is 0.0485. The van der Waals surface area contributed by atoms with Crippen LogP contribution in [0.15, 0.2) is 84.9 Å². The molecule has 0 aromatic heterocycles. The van der Waals surface area contributed by atoms with Crippen LogP contribution < -0.4 is 16.2 Å². The van der Waals surface area contributed by atoms with Gasteiger partial charge in [-0.2, -0.15) is 26.3 Å². The summed E-state index contributed by atoms with van der Waals surface area (Å²) in [6.07, 6.45) is -9.45. The summed E-state index contributed by atoms with van der Waals surface area (Å²) in [7, 11) is 0. The summed E-state index contributed by atoms with van der Waals surface area (Å²) < 4.78 is 89.5. The molecule has 0 saturated carbocycles. The van der Waals surface area contributed by atoms with Crippen molar-refractivity contribution < 1.29 is 31.1 Å². The number of hydrogen-bond acceptors (Lipinski definition) is 3. The first-order valence-corrected chi connectivity index (χ1v) is 11.0. The van der Waals surface area contributed by atoms with Crippen molar-refractivity contribution in [1.82, 2.24) is 0 Å². The van der Waals surface area contributed by atoms with Crippen molar-refractivity contribution in [2.24, 2.45) is 0 Å². The summed E-state index contributed by atoms with van der Waals surface area (Å²) >= 11 is 0. The topological polar surface area (TPSA) is 61.3 Å². The third-order valence-electron chi connectivity index (χ3n) is 6.02. The molecule has 0 radical (unpaired) electrons. The third kappa shape index (κ3) is 4.37. The highest BCUT2D eigenvalue weighted by atomic mass is 19.4. The van der Waals surface area contributed by atoms with Gasteiger partial charge in [-0.3, -0.25) is 0 Å². The molecule has 0 saturated heterocycles. The summed E-state index contributed by atoms with van der Waals surface area (Å²) in [6, 6.07) is 19.7. The molecule has 0 unspecified atom stereocenters. The zero-order valence-corrected chi connectivity index (χ0v) is 18.9. The smallest absolute Gasteiger partial charge is 0.420 e. The molecule has 5 rings (SSSR count). The molecule has 9 heteroatoms. The number of nitrogen functional groups attached to an aromatic ring is 2. The lowest BCUT2D eigenvalue weighted by molar-refractivity contribution is -0.138. The Hall–Kier alpha value is -4.40. The number of rotatable bonds is 3. The van der Waals surface area contributed by atoms with Gasteiger partial charge in [-0.1, -0.05) is 54.6 Å². The van der Waals surface area contributed by atoms with E-state index in [0.717, 1.165) is 18.2 Å². The standard InChI is InChI=1S/C28H18F6N2O/c29-27(30,31)22-13-15(35)9-11-21(22)25-17-5-1-3-7-19(17)26(20-8-4-2-6-18(20)25)37-24-12-10-16(36)14-23(24)28(32,33)34/h1-14H,35-36H2. The lowest BCUT2D eigenvalue weighted by atomic mass is 9.88. The molecule has 0 amide bonds. The molecule has 0 aliphatic rings. The van der Waals surface area contributed by atoms with Crippen molar-refractivity contribution in [3.63, 3.8) is 0 Å². The number of anilines is 2. The molecule has 5 aromatic carbocycles. The normalized spacial score (nSPS) is 12.3. The van der Waals surface area contributed by atoms with E-state index in [1.165, 1.54) is 18.2 Å². The van der Waals surface area contributed by atoms with E-state index < -0.39 is 29.2 Å². The van der Waals surface area contributed by atoms with E-state index in [-0.39, 0.29) is 28.3 Å². The maximum atomic E-state index is 14.1. The average molecular weight is 512 g/mol. The molecule has 0 aliphatic heterocycles. The van der Waals surface area contributed by atoms with E-state index in [9.17, 15) is 26.3 Å². The molecule has 0 aliphatic carbocycles. The Labute approximate surface area is 206 Å². The number of ether oxygens (including phenoxy) is 1. The molecule has 0 bridgehead atoms. The van der Waals surface area contributed by atoms with Crippen LogP contribution in [-0.2, 0) is 12.4 Å². The van der Waals surface area contributed by atoms with E-state index >= 15 is 0 Å². The lowest BCUT2D eigenvalue weighted by Gasteiger charge is -2.21. The van der Waals surface area contributed by atoms with Crippen LogP contribution in [0.25, 0.3) is 32.7 Å². The molecule has 0 spiro atoms. The largest absolute Gasteiger partial charge is 0.455 e. The van der Waals surface area contributed by atoms with Gasteiger partial charge in [-0.25, -0.2) is 0 Å². The second-order valence-corrected chi connectivity index (χ2v) is 8.45. The van der Waals surface area contributed by atoms with Gasteiger partial charge in [0.15, 0.2) is 0 Å². The summed E-state index contributed by atoms with van der Waals surface area (Å²) in [5, 5.41) is 1.42. The minimum Gasteiger partial charge on any atom is -0.455 e. The Morgan fingerprint density at radius 3 is 1.51 bits per heavy atom. The van der Waals surface area contributed by atoms with Gasteiger partial charge in [0.05, 0.1) is 5.56 Å². The summed E-state index contributed by atoms with van der Waals surface area (Å²) in [5.74, 6) is -0.401. The Balaban J connectivity index is 1.86. The molecule has 3 nitrogen and oxygen atoms in total. The second-order valence-electron chi connectivity index (χ2n) is 8.45. The van der Waals surface area contributed by atoms with E-state index in [1.54, 1.807) is 48.5 Å². The molecule has 0 heterocycles. The van der Waals surface area contributed by atoms with Crippen LogP contribution >= 0.6 is 0 Å². The van der Waals surface area contributed by atoms with Crippen LogP contribution in [0.2, 0.25) is 0 Å². The van der Waals surface area contributed by atoms with Gasteiger partial charge in [-0.15, -0.1) is 0 Å². The fourth-order valence-corrected chi connectivity index (χ4v) is 4.47. The van der Waals surface area contributed by atoms with Crippen LogP contribution in [0.5, 0.6) is 11.5 Å². The number of benzene rings is 5. The van der Waals surface area contributed by atoms with Crippen LogP contribution in [0.3, 0.4) is 0 Å². The summed E-state index contributed by atoms with van der Waals surface area (Å²) in [6.45, 7) is 0. The molecular weight excluding hydrogens is 494 g/mol. The van der Waals surface area contributed by atoms with Crippen LogP contribution in [0, 0.1) is 0 Å². The number of nitrogens with two attached hydrogens (primary N) is 2. The van der Waals surface area contributed by atoms with Gasteiger partial charge >= 0.3 is 12.4 Å². The Morgan fingerprint density at radius 1 is 0.541 bits per heavy atom. The molecule has 0 fully saturated rings. The average Bonchev–Trinajstić information content (AvgIpc) is 2.84. The quantitative estimate of drug-likeness (QED) is 0.144. The van der Waals surface area contributed by atoms with Crippen molar-refractivity contribution in [1.29, 1.82) is 0 Å². The SMILES string of the molecule is Nc1ccc(Oc2c3ccccc3c(-c3ccc(N)cc3C(F)(F)F)c3ccccc23)c(C(F)(F)F)c1. The Bertz CT molecular complexity index is 1600. The predicted molar refractivity (Wildman–Crippen MR) is 132 cm³/mol. The summed E-state index contributed by atoms with van der Waals surface area (Å²) in [4.78, 5) is 0. The monoisotopic (exact) mass is 512 g/mol. The predicted octanol–water partition coefficient (Wildman–Crippen LogP) is 8.65. The first-order valence-electron chi connectivity index (χ1n) is 11.0. The van der Waals surface area contributed by atoms with Crippen molar-refractivity contribution in [3.05, 3.63) is 96.1 Å². The third-order valence-corrected chi connectivity index (χ3v) is 6.02. The van der Waals surface area contributed by atoms with Crippen LogP contribution in [0.1, 0.15) is 11.1 Å². The minimum atomic E-state index is -4.75. The maximum absolute atomic E-state index is 14.1. The highest BCUT2D eigenvalue weighted by molar-refractivity contribution is 6.17. The Kier molecular flexibility index (Phi) is 5.66. The first kappa shape index (κ1) is 24.3. The highest BCUT2D eigenvalue weighted by Crippen LogP contribution is 2.49. The second kappa shape index (κ2) is 8.62. The van der Waals surface area contributed by atoms with Crippen molar-refractivity contribution in [3.8, 4) is 22.6 Å². The van der Waals surface area contributed by atoms with Gasteiger partial charge in [-0.05, 0) is 52.2 Å². The zero-order chi connectivity index (χ0) is 26.5. The van der Waals surface area contributed by atoms with E-state index in [1.807, 2.05) is 0 Å². The van der Waals surface area contributed by atoms with Gasteiger partial charge in [0.25, 0.3) is 0 Å². The van der Waals surface area contributed by atoms with E-state index in [2.05, 4.69) is 0 Å². The fraction of sp³-hybridized carbons (Fsp3) is 0.0714. The van der Waals surface area contributed by atoms with Crippen molar-refractivity contribution in [2.45, 2.75) is 12.4 Å². The van der Waals surface area contributed by atoms with Gasteiger partial charge in [0.1, 0.15) is 17.1 Å². The number of hydrogen-bond donors (Lipinski definition) is 2. The van der Waals surface area contributed by atoms with Crippen LogP contribution in [-0.4, -0.2) is 0 Å². The maximum Gasteiger partial charge on any atom is 0.420 e. The lowest BCUT2D eigenvalue weighted by Crippen LogP contribution is -2.09. The van der Waals surface area contributed by atoms with Crippen LogP contribution in [0.4, 0.5) is 37.7 Å². The molecule has 5 aromatic rings. The fourth-order valence-electron chi connectivity index (χ4n) is 4.47. The Morgan fingerprint density at radius 2 is 1.00 bits per heavy atom. The molecule has 4 N–H and O–H groups in total. The van der Waals surface area contributed by atoms with E-state index in [0.29, 0.717) is 21.5 Å². The molecule has 188 valence electrons. The molecule has 0 atom stereocenters. The number of halogens is 6.